The maximum atomic E-state index is 5.08. The second-order valence-electron chi connectivity index (χ2n) is 3.06. The number of hydrogen-bond donors (Lipinski definition) is 0. The normalized spacial score (nSPS) is 11.4. The first-order valence-electron chi connectivity index (χ1n) is 4.13. The molecule has 0 spiro atoms. The van der Waals surface area contributed by atoms with Crippen LogP contribution in [0.4, 0.5) is 0 Å². The molecule has 1 aromatic rings. The lowest BCUT2D eigenvalue weighted by Gasteiger charge is -1.98. The molecule has 0 aliphatic carbocycles. The molecule has 0 N–H and O–H groups in total. The number of rotatable bonds is 2. The summed E-state index contributed by atoms with van der Waals surface area (Å²) in [7, 11) is 1.65. The third-order valence-electron chi connectivity index (χ3n) is 1.75. The smallest absolute Gasteiger partial charge is 0.119 e. The molecule has 0 saturated carbocycles. The minimum atomic E-state index is 0.837. The standard InChI is InChI=1S/C12H14O/c1-9(2)7-11-5-6-12(13-4)8-10(11)3/h5-8H,1,3H2,2,4H3/b11-7-. The first-order chi connectivity index (χ1) is 6.13. The number of hydrogen-bond acceptors (Lipinski definition) is 1. The summed E-state index contributed by atoms with van der Waals surface area (Å²) in [6, 6.07) is 5.81. The summed E-state index contributed by atoms with van der Waals surface area (Å²) in [5.74, 6) is 0.837. The van der Waals surface area contributed by atoms with E-state index < -0.39 is 0 Å². The number of benzene rings is 1. The molecule has 0 amide bonds. The van der Waals surface area contributed by atoms with E-state index >= 15 is 0 Å². The zero-order chi connectivity index (χ0) is 9.84. The van der Waals surface area contributed by atoms with Crippen molar-refractivity contribution in [2.45, 2.75) is 6.92 Å². The molecule has 0 saturated heterocycles. The fraction of sp³-hybridized carbons (Fsp3) is 0.167. The monoisotopic (exact) mass is 174 g/mol. The predicted molar refractivity (Wildman–Crippen MR) is 57.0 cm³/mol. The van der Waals surface area contributed by atoms with Crippen LogP contribution >= 0.6 is 0 Å². The Kier molecular flexibility index (Phi) is 2.91. The molecule has 1 nitrogen and oxygen atoms in total. The van der Waals surface area contributed by atoms with Crippen molar-refractivity contribution in [1.82, 2.24) is 0 Å². The van der Waals surface area contributed by atoms with Gasteiger partial charge < -0.3 is 4.74 Å². The molecule has 1 rings (SSSR count). The second kappa shape index (κ2) is 3.94. The molecule has 0 bridgehead atoms. The second-order valence-corrected chi connectivity index (χ2v) is 3.06. The van der Waals surface area contributed by atoms with Crippen molar-refractivity contribution in [2.24, 2.45) is 0 Å². The van der Waals surface area contributed by atoms with Gasteiger partial charge in [-0.05, 0) is 29.5 Å². The zero-order valence-electron chi connectivity index (χ0n) is 8.13. The van der Waals surface area contributed by atoms with Gasteiger partial charge in [-0.1, -0.05) is 30.9 Å². The maximum absolute atomic E-state index is 5.08. The maximum Gasteiger partial charge on any atom is 0.119 e. The summed E-state index contributed by atoms with van der Waals surface area (Å²) in [6.45, 7) is 9.71. The van der Waals surface area contributed by atoms with Gasteiger partial charge in [-0.15, -0.1) is 0 Å². The Morgan fingerprint density at radius 3 is 2.62 bits per heavy atom. The van der Waals surface area contributed by atoms with Crippen LogP contribution < -0.4 is 15.2 Å². The molecule has 1 aromatic carbocycles. The van der Waals surface area contributed by atoms with Crippen LogP contribution in [-0.2, 0) is 0 Å². The van der Waals surface area contributed by atoms with Gasteiger partial charge in [0.25, 0.3) is 0 Å². The lowest BCUT2D eigenvalue weighted by Crippen LogP contribution is -2.22. The third-order valence-corrected chi connectivity index (χ3v) is 1.75. The molecule has 1 heteroatoms. The van der Waals surface area contributed by atoms with Gasteiger partial charge in [-0.3, -0.25) is 0 Å². The first kappa shape index (κ1) is 9.59. The van der Waals surface area contributed by atoms with Crippen LogP contribution in [0.5, 0.6) is 5.75 Å². The highest BCUT2D eigenvalue weighted by molar-refractivity contribution is 5.44. The fourth-order valence-electron chi connectivity index (χ4n) is 1.12. The summed E-state index contributed by atoms with van der Waals surface area (Å²) in [4.78, 5) is 0. The van der Waals surface area contributed by atoms with Gasteiger partial charge in [-0.2, -0.15) is 0 Å². The molecular formula is C12H14O. The van der Waals surface area contributed by atoms with Gasteiger partial charge in [0.15, 0.2) is 0 Å². The molecule has 0 aliphatic rings. The Labute approximate surface area is 78.7 Å². The minimum absolute atomic E-state index is 0.837. The Morgan fingerprint density at radius 2 is 2.15 bits per heavy atom. The van der Waals surface area contributed by atoms with Gasteiger partial charge in [0.1, 0.15) is 5.75 Å². The van der Waals surface area contributed by atoms with Crippen molar-refractivity contribution in [3.63, 3.8) is 0 Å². The molecule has 0 unspecified atom stereocenters. The van der Waals surface area contributed by atoms with Crippen LogP contribution in [0, 0.1) is 0 Å². The van der Waals surface area contributed by atoms with E-state index in [2.05, 4.69) is 13.2 Å². The van der Waals surface area contributed by atoms with Crippen LogP contribution in [0.15, 0.2) is 30.4 Å². The van der Waals surface area contributed by atoms with Crippen LogP contribution in [0.1, 0.15) is 6.92 Å². The van der Waals surface area contributed by atoms with Gasteiger partial charge in [0.2, 0.25) is 0 Å². The Balaban J connectivity index is 3.29. The highest BCUT2D eigenvalue weighted by Crippen LogP contribution is 2.01. The van der Waals surface area contributed by atoms with Gasteiger partial charge in [0, 0.05) is 0 Å². The van der Waals surface area contributed by atoms with Crippen molar-refractivity contribution in [3.8, 4) is 5.75 Å². The SMILES string of the molecule is C=C(C)/C=c1/ccc(OC)cc1=C. The van der Waals surface area contributed by atoms with E-state index in [1.54, 1.807) is 7.11 Å². The van der Waals surface area contributed by atoms with E-state index in [1.165, 1.54) is 0 Å². The topological polar surface area (TPSA) is 9.23 Å². The van der Waals surface area contributed by atoms with Gasteiger partial charge in [-0.25, -0.2) is 0 Å². The number of ether oxygens (including phenoxy) is 1. The molecule has 0 atom stereocenters. The van der Waals surface area contributed by atoms with E-state index in [4.69, 9.17) is 4.74 Å². The Bertz CT molecular complexity index is 415. The number of allylic oxidation sites excluding steroid dienone is 1. The summed E-state index contributed by atoms with van der Waals surface area (Å²) in [6.07, 6.45) is 2.00. The van der Waals surface area contributed by atoms with Crippen molar-refractivity contribution >= 4 is 12.7 Å². The highest BCUT2D eigenvalue weighted by atomic mass is 16.5. The minimum Gasteiger partial charge on any atom is -0.497 e. The zero-order valence-corrected chi connectivity index (χ0v) is 8.13. The molecule has 13 heavy (non-hydrogen) atoms. The third kappa shape index (κ3) is 2.48. The van der Waals surface area contributed by atoms with Crippen molar-refractivity contribution in [2.75, 3.05) is 7.11 Å². The van der Waals surface area contributed by atoms with E-state index in [9.17, 15) is 0 Å². The van der Waals surface area contributed by atoms with E-state index in [-0.39, 0.29) is 0 Å². The summed E-state index contributed by atoms with van der Waals surface area (Å²) in [5, 5.41) is 2.05. The van der Waals surface area contributed by atoms with E-state index in [0.717, 1.165) is 21.8 Å². The first-order valence-corrected chi connectivity index (χ1v) is 4.13. The van der Waals surface area contributed by atoms with Crippen LogP contribution in [-0.4, -0.2) is 7.11 Å². The molecule has 0 radical (unpaired) electrons. The van der Waals surface area contributed by atoms with Crippen molar-refractivity contribution < 1.29 is 4.74 Å². The molecule has 0 fully saturated rings. The molecule has 68 valence electrons. The molecule has 0 aromatic heterocycles. The van der Waals surface area contributed by atoms with Crippen molar-refractivity contribution in [3.05, 3.63) is 40.8 Å². The quantitative estimate of drug-likeness (QED) is 0.659. The average Bonchev–Trinajstić information content (AvgIpc) is 2.08. The van der Waals surface area contributed by atoms with Crippen molar-refractivity contribution in [1.29, 1.82) is 0 Å². The lowest BCUT2D eigenvalue weighted by molar-refractivity contribution is 0.414. The average molecular weight is 174 g/mol. The van der Waals surface area contributed by atoms with Gasteiger partial charge >= 0.3 is 0 Å². The largest absolute Gasteiger partial charge is 0.497 e. The van der Waals surface area contributed by atoms with Crippen LogP contribution in [0.25, 0.3) is 12.7 Å². The summed E-state index contributed by atoms with van der Waals surface area (Å²) >= 11 is 0. The molecule has 0 heterocycles. The fourth-order valence-corrected chi connectivity index (χ4v) is 1.12. The highest BCUT2D eigenvalue weighted by Gasteiger charge is 1.89. The van der Waals surface area contributed by atoms with Crippen LogP contribution in [0.2, 0.25) is 0 Å². The molecular weight excluding hydrogens is 160 g/mol. The van der Waals surface area contributed by atoms with Gasteiger partial charge in [0.05, 0.1) is 7.11 Å². The number of methoxy groups -OCH3 is 1. The predicted octanol–water partition coefficient (Wildman–Crippen LogP) is 1.46. The summed E-state index contributed by atoms with van der Waals surface area (Å²) in [5.41, 5.74) is 1.02. The molecule has 0 aliphatic heterocycles. The van der Waals surface area contributed by atoms with E-state index in [0.29, 0.717) is 0 Å². The van der Waals surface area contributed by atoms with Crippen LogP contribution in [0.3, 0.4) is 0 Å². The Morgan fingerprint density at radius 1 is 1.46 bits per heavy atom. The Hall–Kier alpha value is -1.50. The lowest BCUT2D eigenvalue weighted by atomic mass is 10.2. The van der Waals surface area contributed by atoms with E-state index in [1.807, 2.05) is 31.2 Å². The summed E-state index contributed by atoms with van der Waals surface area (Å²) < 4.78 is 5.08.